The fourth-order valence-corrected chi connectivity index (χ4v) is 4.17. The number of amides is 1. The van der Waals surface area contributed by atoms with Gasteiger partial charge in [0, 0.05) is 38.2 Å². The number of nitrogens with zero attached hydrogens (tertiary/aromatic N) is 4. The molecular formula is C28H24F2N4O2. The zero-order valence-corrected chi connectivity index (χ0v) is 19.7. The van der Waals surface area contributed by atoms with E-state index in [0.29, 0.717) is 36.8 Å². The topological polar surface area (TPSA) is 58.6 Å². The summed E-state index contributed by atoms with van der Waals surface area (Å²) in [6.45, 7) is 1.20. The average Bonchev–Trinajstić information content (AvgIpc) is 2.88. The van der Waals surface area contributed by atoms with Gasteiger partial charge in [0.1, 0.15) is 17.4 Å². The molecule has 0 atom stereocenters. The lowest BCUT2D eigenvalue weighted by atomic mass is 10.0. The third kappa shape index (κ3) is 5.17. The van der Waals surface area contributed by atoms with Gasteiger partial charge in [-0.3, -0.25) is 4.79 Å². The van der Waals surface area contributed by atoms with Crippen molar-refractivity contribution in [1.29, 1.82) is 0 Å². The van der Waals surface area contributed by atoms with Crippen LogP contribution in [0.5, 0.6) is 11.6 Å². The lowest BCUT2D eigenvalue weighted by Crippen LogP contribution is -2.37. The second kappa shape index (κ2) is 10.1. The highest BCUT2D eigenvalue weighted by Gasteiger charge is 2.28. The van der Waals surface area contributed by atoms with E-state index in [9.17, 15) is 13.6 Å². The molecule has 36 heavy (non-hydrogen) atoms. The van der Waals surface area contributed by atoms with Gasteiger partial charge in [0.05, 0.1) is 17.8 Å². The maximum absolute atomic E-state index is 13.8. The van der Waals surface area contributed by atoms with Gasteiger partial charge in [-0.25, -0.2) is 13.8 Å². The minimum Gasteiger partial charge on any atom is -0.438 e. The van der Waals surface area contributed by atoms with Crippen LogP contribution < -0.4 is 9.64 Å². The number of fused-ring (bicyclic) bond motifs is 1. The number of hydrogen-bond acceptors (Lipinski definition) is 5. The van der Waals surface area contributed by atoms with Crippen LogP contribution in [0.1, 0.15) is 27.2 Å². The Morgan fingerprint density at radius 3 is 2.47 bits per heavy atom. The Balaban J connectivity index is 1.48. The van der Waals surface area contributed by atoms with Crippen LogP contribution in [0.3, 0.4) is 0 Å². The molecule has 5 rings (SSSR count). The average molecular weight is 487 g/mol. The Labute approximate surface area is 207 Å². The molecule has 4 aromatic rings. The first-order valence-corrected chi connectivity index (χ1v) is 11.6. The van der Waals surface area contributed by atoms with Crippen molar-refractivity contribution < 1.29 is 18.3 Å². The van der Waals surface area contributed by atoms with E-state index in [1.165, 1.54) is 30.3 Å². The number of halogens is 2. The number of anilines is 1. The Morgan fingerprint density at radius 1 is 0.972 bits per heavy atom. The van der Waals surface area contributed by atoms with E-state index < -0.39 is 11.6 Å². The van der Waals surface area contributed by atoms with E-state index in [1.54, 1.807) is 23.1 Å². The Bertz CT molecular complexity index is 1400. The number of carbonyl (C=O) groups is 1. The molecule has 1 aromatic heterocycles. The van der Waals surface area contributed by atoms with E-state index in [0.717, 1.165) is 11.3 Å². The minimum absolute atomic E-state index is 0.192. The lowest BCUT2D eigenvalue weighted by Gasteiger charge is -2.30. The first kappa shape index (κ1) is 23.4. The van der Waals surface area contributed by atoms with Crippen molar-refractivity contribution in [3.8, 4) is 11.6 Å². The van der Waals surface area contributed by atoms with E-state index in [1.807, 2.05) is 42.3 Å². The van der Waals surface area contributed by atoms with E-state index in [2.05, 4.69) is 4.98 Å². The SMILES string of the molecule is CN(Cc1ccccc1)c1nc2c(c(Oc3cccc(F)c3)n1)CN(C(=O)c1cccc(F)c1)CC2. The predicted octanol–water partition coefficient (Wildman–Crippen LogP) is 5.38. The standard InChI is InChI=1S/C28H24F2N4O2/c1-33(17-19-7-3-2-4-8-19)28-31-25-13-14-34(27(35)20-9-5-10-21(29)15-20)18-24(25)26(32-28)36-23-12-6-11-22(30)16-23/h2-12,15-16H,13-14,17-18H2,1H3. The zero-order valence-electron chi connectivity index (χ0n) is 19.7. The van der Waals surface area contributed by atoms with Crippen molar-refractivity contribution in [2.75, 3.05) is 18.5 Å². The van der Waals surface area contributed by atoms with Gasteiger partial charge in [-0.15, -0.1) is 0 Å². The molecule has 0 spiro atoms. The van der Waals surface area contributed by atoms with Gasteiger partial charge < -0.3 is 14.5 Å². The molecule has 0 unspecified atom stereocenters. The summed E-state index contributed by atoms with van der Waals surface area (Å²) in [7, 11) is 1.89. The lowest BCUT2D eigenvalue weighted by molar-refractivity contribution is 0.0731. The summed E-state index contributed by atoms with van der Waals surface area (Å²) in [5, 5.41) is 0. The van der Waals surface area contributed by atoms with Crippen molar-refractivity contribution in [2.24, 2.45) is 0 Å². The summed E-state index contributed by atoms with van der Waals surface area (Å²) in [6, 6.07) is 21.4. The molecular weight excluding hydrogens is 462 g/mol. The molecule has 1 aliphatic heterocycles. The molecule has 2 heterocycles. The fourth-order valence-electron chi connectivity index (χ4n) is 4.17. The monoisotopic (exact) mass is 486 g/mol. The fraction of sp³-hybridized carbons (Fsp3) is 0.179. The van der Waals surface area contributed by atoms with Crippen molar-refractivity contribution in [3.05, 3.63) is 113 Å². The van der Waals surface area contributed by atoms with Crippen LogP contribution in [0.25, 0.3) is 0 Å². The number of ether oxygens (including phenoxy) is 1. The molecule has 182 valence electrons. The van der Waals surface area contributed by atoms with Crippen LogP contribution in [0.15, 0.2) is 78.9 Å². The molecule has 0 fully saturated rings. The summed E-state index contributed by atoms with van der Waals surface area (Å²) in [5.41, 5.74) is 2.77. The summed E-state index contributed by atoms with van der Waals surface area (Å²) in [5.74, 6) is -0.169. The summed E-state index contributed by atoms with van der Waals surface area (Å²) in [6.07, 6.45) is 0.477. The van der Waals surface area contributed by atoms with E-state index >= 15 is 0 Å². The zero-order chi connectivity index (χ0) is 25.1. The number of hydrogen-bond donors (Lipinski definition) is 0. The third-order valence-corrected chi connectivity index (χ3v) is 5.98. The number of rotatable bonds is 6. The summed E-state index contributed by atoms with van der Waals surface area (Å²) >= 11 is 0. The van der Waals surface area contributed by atoms with Gasteiger partial charge in [-0.2, -0.15) is 4.98 Å². The number of benzene rings is 3. The second-order valence-corrected chi connectivity index (χ2v) is 8.64. The predicted molar refractivity (Wildman–Crippen MR) is 132 cm³/mol. The maximum Gasteiger partial charge on any atom is 0.254 e. The van der Waals surface area contributed by atoms with Gasteiger partial charge >= 0.3 is 0 Å². The molecule has 0 radical (unpaired) electrons. The molecule has 6 nitrogen and oxygen atoms in total. The first-order valence-electron chi connectivity index (χ1n) is 11.6. The van der Waals surface area contributed by atoms with Crippen LogP contribution in [0.4, 0.5) is 14.7 Å². The molecule has 1 amide bonds. The molecule has 3 aromatic carbocycles. The molecule has 0 bridgehead atoms. The number of aromatic nitrogens is 2. The second-order valence-electron chi connectivity index (χ2n) is 8.64. The molecule has 0 saturated heterocycles. The van der Waals surface area contributed by atoms with Crippen LogP contribution in [-0.2, 0) is 19.5 Å². The normalized spacial score (nSPS) is 12.7. The highest BCUT2D eigenvalue weighted by Crippen LogP contribution is 2.32. The van der Waals surface area contributed by atoms with Crippen LogP contribution in [0.2, 0.25) is 0 Å². The molecule has 0 aliphatic carbocycles. The van der Waals surface area contributed by atoms with Crippen molar-refractivity contribution in [3.63, 3.8) is 0 Å². The van der Waals surface area contributed by atoms with Crippen LogP contribution >= 0.6 is 0 Å². The van der Waals surface area contributed by atoms with Crippen LogP contribution in [0, 0.1) is 11.6 Å². The van der Waals surface area contributed by atoms with Gasteiger partial charge in [0.25, 0.3) is 5.91 Å². The highest BCUT2D eigenvalue weighted by atomic mass is 19.1. The van der Waals surface area contributed by atoms with Gasteiger partial charge in [-0.1, -0.05) is 42.5 Å². The smallest absolute Gasteiger partial charge is 0.254 e. The third-order valence-electron chi connectivity index (χ3n) is 5.98. The van der Waals surface area contributed by atoms with E-state index in [-0.39, 0.29) is 23.9 Å². The molecule has 1 aliphatic rings. The van der Waals surface area contributed by atoms with Gasteiger partial charge in [0.2, 0.25) is 11.8 Å². The molecule has 0 N–H and O–H groups in total. The van der Waals surface area contributed by atoms with Crippen LogP contribution in [-0.4, -0.2) is 34.4 Å². The van der Waals surface area contributed by atoms with Gasteiger partial charge in [0.15, 0.2) is 0 Å². The summed E-state index contributed by atoms with van der Waals surface area (Å²) < 4.78 is 33.6. The van der Waals surface area contributed by atoms with Crippen molar-refractivity contribution >= 4 is 11.9 Å². The summed E-state index contributed by atoms with van der Waals surface area (Å²) in [4.78, 5) is 26.0. The maximum atomic E-state index is 13.8. The minimum atomic E-state index is -0.470. The van der Waals surface area contributed by atoms with E-state index in [4.69, 9.17) is 9.72 Å². The number of carbonyl (C=O) groups excluding carboxylic acids is 1. The first-order chi connectivity index (χ1) is 17.5. The quantitative estimate of drug-likeness (QED) is 0.366. The Hall–Kier alpha value is -4.33. The molecule has 8 heteroatoms. The largest absolute Gasteiger partial charge is 0.438 e. The van der Waals surface area contributed by atoms with Crippen molar-refractivity contribution in [2.45, 2.75) is 19.5 Å². The Morgan fingerprint density at radius 2 is 1.72 bits per heavy atom. The highest BCUT2D eigenvalue weighted by molar-refractivity contribution is 5.94. The van der Waals surface area contributed by atoms with Gasteiger partial charge in [-0.05, 0) is 35.9 Å². The van der Waals surface area contributed by atoms with Crippen molar-refractivity contribution in [1.82, 2.24) is 14.9 Å². The Kier molecular flexibility index (Phi) is 6.58. The molecule has 0 saturated carbocycles.